The number of thioether (sulfide) groups is 1. The highest BCUT2D eigenvalue weighted by atomic mass is 32.2. The molecule has 0 spiro atoms. The van der Waals surface area contributed by atoms with Crippen LogP contribution in [0.15, 0.2) is 0 Å². The first-order valence-corrected chi connectivity index (χ1v) is 5.56. The van der Waals surface area contributed by atoms with Crippen LogP contribution < -0.4 is 5.32 Å². The molecule has 0 amide bonds. The zero-order valence-electron chi connectivity index (χ0n) is 8.33. The minimum absolute atomic E-state index is 0.0444. The second-order valence-corrected chi connectivity index (χ2v) is 5.70. The third kappa shape index (κ3) is 2.88. The average Bonchev–Trinajstić information content (AvgIpc) is 2.29. The van der Waals surface area contributed by atoms with Crippen molar-refractivity contribution in [2.24, 2.45) is 5.92 Å². The van der Waals surface area contributed by atoms with Crippen molar-refractivity contribution in [3.05, 3.63) is 0 Å². The molecular formula is C9H17NO2S. The van der Waals surface area contributed by atoms with E-state index in [-0.39, 0.29) is 10.9 Å². The van der Waals surface area contributed by atoms with Crippen LogP contribution >= 0.6 is 11.8 Å². The Labute approximate surface area is 83.3 Å². The van der Waals surface area contributed by atoms with Crippen LogP contribution in [0.3, 0.4) is 0 Å². The molecule has 0 aromatic carbocycles. The lowest BCUT2D eigenvalue weighted by atomic mass is 10.0. The number of hydrogen-bond donors (Lipinski definition) is 2. The van der Waals surface area contributed by atoms with Crippen LogP contribution in [0.2, 0.25) is 0 Å². The molecule has 1 heterocycles. The summed E-state index contributed by atoms with van der Waals surface area (Å²) < 4.78 is 0. The SMILES string of the molecule is CC(C)CC1(C)NC(C(=O)O)CS1. The van der Waals surface area contributed by atoms with Crippen LogP contribution in [0.5, 0.6) is 0 Å². The van der Waals surface area contributed by atoms with Crippen LogP contribution in [-0.2, 0) is 4.79 Å². The number of nitrogens with one attached hydrogen (secondary N) is 1. The minimum atomic E-state index is -0.736. The molecule has 13 heavy (non-hydrogen) atoms. The van der Waals surface area contributed by atoms with Gasteiger partial charge in [0.1, 0.15) is 6.04 Å². The van der Waals surface area contributed by atoms with Gasteiger partial charge in [-0.15, -0.1) is 11.8 Å². The Morgan fingerprint density at radius 2 is 2.38 bits per heavy atom. The molecule has 0 aromatic heterocycles. The summed E-state index contributed by atoms with van der Waals surface area (Å²) in [5.41, 5.74) is 0. The maximum atomic E-state index is 10.7. The number of carboxylic acids is 1. The average molecular weight is 203 g/mol. The Bertz CT molecular complexity index is 208. The van der Waals surface area contributed by atoms with E-state index in [2.05, 4.69) is 26.1 Å². The first-order chi connectivity index (χ1) is 5.93. The van der Waals surface area contributed by atoms with Gasteiger partial charge in [0.05, 0.1) is 4.87 Å². The zero-order valence-corrected chi connectivity index (χ0v) is 9.15. The van der Waals surface area contributed by atoms with Crippen molar-refractivity contribution in [2.45, 2.75) is 38.1 Å². The van der Waals surface area contributed by atoms with Crippen LogP contribution in [0.25, 0.3) is 0 Å². The van der Waals surface area contributed by atoms with Crippen molar-refractivity contribution in [1.82, 2.24) is 5.32 Å². The smallest absolute Gasteiger partial charge is 0.321 e. The van der Waals surface area contributed by atoms with Crippen molar-refractivity contribution in [3.8, 4) is 0 Å². The van der Waals surface area contributed by atoms with E-state index in [0.29, 0.717) is 11.7 Å². The van der Waals surface area contributed by atoms with Gasteiger partial charge in [-0.3, -0.25) is 10.1 Å². The number of hydrogen-bond acceptors (Lipinski definition) is 3. The van der Waals surface area contributed by atoms with Crippen molar-refractivity contribution >= 4 is 17.7 Å². The molecule has 0 aromatic rings. The van der Waals surface area contributed by atoms with Gasteiger partial charge in [0.15, 0.2) is 0 Å². The third-order valence-corrected chi connectivity index (χ3v) is 3.57. The summed E-state index contributed by atoms with van der Waals surface area (Å²) in [7, 11) is 0. The maximum Gasteiger partial charge on any atom is 0.321 e. The number of carboxylic acid groups (broad SMARTS) is 1. The van der Waals surface area contributed by atoms with Gasteiger partial charge < -0.3 is 5.11 Å². The molecule has 0 aliphatic carbocycles. The number of rotatable bonds is 3. The largest absolute Gasteiger partial charge is 0.480 e. The summed E-state index contributed by atoms with van der Waals surface area (Å²) >= 11 is 1.72. The Morgan fingerprint density at radius 1 is 1.77 bits per heavy atom. The van der Waals surface area contributed by atoms with E-state index >= 15 is 0 Å². The van der Waals surface area contributed by atoms with Gasteiger partial charge in [0.25, 0.3) is 0 Å². The first kappa shape index (κ1) is 10.9. The maximum absolute atomic E-state index is 10.7. The van der Waals surface area contributed by atoms with E-state index in [1.165, 1.54) is 0 Å². The molecule has 1 fully saturated rings. The molecule has 0 saturated carbocycles. The molecule has 1 aliphatic heterocycles. The highest BCUT2D eigenvalue weighted by Gasteiger charge is 2.38. The van der Waals surface area contributed by atoms with Crippen molar-refractivity contribution in [3.63, 3.8) is 0 Å². The Balaban J connectivity index is 2.51. The molecule has 1 rings (SSSR count). The summed E-state index contributed by atoms with van der Waals surface area (Å²) in [6.45, 7) is 6.39. The van der Waals surface area contributed by atoms with E-state index < -0.39 is 5.97 Å². The second kappa shape index (κ2) is 3.88. The molecule has 2 unspecified atom stereocenters. The fourth-order valence-corrected chi connectivity index (χ4v) is 3.19. The lowest BCUT2D eigenvalue weighted by Gasteiger charge is -2.26. The van der Waals surface area contributed by atoms with E-state index in [9.17, 15) is 4.79 Å². The van der Waals surface area contributed by atoms with Gasteiger partial charge in [-0.05, 0) is 19.3 Å². The van der Waals surface area contributed by atoms with Gasteiger partial charge >= 0.3 is 5.97 Å². The molecule has 1 saturated heterocycles. The van der Waals surface area contributed by atoms with E-state index in [1.54, 1.807) is 11.8 Å². The minimum Gasteiger partial charge on any atom is -0.480 e. The van der Waals surface area contributed by atoms with Crippen LogP contribution in [0, 0.1) is 5.92 Å². The van der Waals surface area contributed by atoms with Gasteiger partial charge in [-0.25, -0.2) is 0 Å². The quantitative estimate of drug-likeness (QED) is 0.730. The number of carbonyl (C=O) groups is 1. The lowest BCUT2D eigenvalue weighted by molar-refractivity contribution is -0.138. The Morgan fingerprint density at radius 3 is 2.77 bits per heavy atom. The molecule has 4 heteroatoms. The molecule has 2 N–H and O–H groups in total. The van der Waals surface area contributed by atoms with E-state index in [0.717, 1.165) is 6.42 Å². The highest BCUT2D eigenvalue weighted by molar-refractivity contribution is 8.00. The summed E-state index contributed by atoms with van der Waals surface area (Å²) in [5.74, 6) is 0.538. The number of aliphatic carboxylic acids is 1. The fourth-order valence-electron chi connectivity index (χ4n) is 1.75. The molecular weight excluding hydrogens is 186 g/mol. The van der Waals surface area contributed by atoms with Crippen molar-refractivity contribution in [1.29, 1.82) is 0 Å². The molecule has 1 aliphatic rings. The molecule has 0 radical (unpaired) electrons. The highest BCUT2D eigenvalue weighted by Crippen LogP contribution is 2.35. The zero-order chi connectivity index (χ0) is 10.1. The standard InChI is InChI=1S/C9H17NO2S/c1-6(2)4-9(3)10-7(5-13-9)8(11)12/h6-7,10H,4-5H2,1-3H3,(H,11,12). The first-order valence-electron chi connectivity index (χ1n) is 4.57. The summed E-state index contributed by atoms with van der Waals surface area (Å²) in [6.07, 6.45) is 1.02. The fraction of sp³-hybridized carbons (Fsp3) is 0.889. The van der Waals surface area contributed by atoms with Gasteiger partial charge in [-0.2, -0.15) is 0 Å². The monoisotopic (exact) mass is 203 g/mol. The van der Waals surface area contributed by atoms with E-state index in [1.807, 2.05) is 0 Å². The Hall–Kier alpha value is -0.220. The Kier molecular flexibility index (Phi) is 3.24. The normalized spacial score (nSPS) is 34.0. The van der Waals surface area contributed by atoms with E-state index in [4.69, 9.17) is 5.11 Å². The molecule has 2 atom stereocenters. The second-order valence-electron chi connectivity index (χ2n) is 4.17. The van der Waals surface area contributed by atoms with Gasteiger partial charge in [0.2, 0.25) is 0 Å². The van der Waals surface area contributed by atoms with Crippen molar-refractivity contribution < 1.29 is 9.90 Å². The summed E-state index contributed by atoms with van der Waals surface area (Å²) in [4.78, 5) is 10.7. The van der Waals surface area contributed by atoms with Gasteiger partial charge in [-0.1, -0.05) is 13.8 Å². The van der Waals surface area contributed by atoms with Crippen molar-refractivity contribution in [2.75, 3.05) is 5.75 Å². The third-order valence-electron chi connectivity index (χ3n) is 2.14. The predicted octanol–water partition coefficient (Wildman–Crippen LogP) is 1.54. The molecule has 0 bridgehead atoms. The summed E-state index contributed by atoms with van der Waals surface area (Å²) in [6, 6.07) is -0.367. The lowest BCUT2D eigenvalue weighted by Crippen LogP contribution is -2.43. The topological polar surface area (TPSA) is 49.3 Å². The molecule has 3 nitrogen and oxygen atoms in total. The molecule has 76 valence electrons. The van der Waals surface area contributed by atoms with Crippen LogP contribution in [0.1, 0.15) is 27.2 Å². The van der Waals surface area contributed by atoms with Crippen LogP contribution in [0.4, 0.5) is 0 Å². The van der Waals surface area contributed by atoms with Gasteiger partial charge in [0, 0.05) is 5.75 Å². The van der Waals surface area contributed by atoms with Crippen LogP contribution in [-0.4, -0.2) is 27.7 Å². The summed E-state index contributed by atoms with van der Waals surface area (Å²) in [5, 5.41) is 12.0. The predicted molar refractivity (Wildman–Crippen MR) is 54.9 cm³/mol.